The van der Waals surface area contributed by atoms with E-state index in [0.717, 1.165) is 12.0 Å². The van der Waals surface area contributed by atoms with E-state index in [1.807, 2.05) is 42.5 Å². The highest BCUT2D eigenvalue weighted by molar-refractivity contribution is 6.74. The first-order valence-electron chi connectivity index (χ1n) is 10.4. The van der Waals surface area contributed by atoms with E-state index in [-0.39, 0.29) is 23.3 Å². The summed E-state index contributed by atoms with van der Waals surface area (Å²) in [6.07, 6.45) is 2.30. The molecule has 0 spiro atoms. The van der Waals surface area contributed by atoms with Crippen molar-refractivity contribution in [1.29, 1.82) is 0 Å². The summed E-state index contributed by atoms with van der Waals surface area (Å²) in [6.45, 7) is 15.4. The lowest BCUT2D eigenvalue weighted by molar-refractivity contribution is 0.0328. The van der Waals surface area contributed by atoms with E-state index in [9.17, 15) is 0 Å². The van der Waals surface area contributed by atoms with Gasteiger partial charge in [0.2, 0.25) is 5.90 Å². The molecule has 1 aliphatic rings. The molecule has 0 radical (unpaired) electrons. The predicted molar refractivity (Wildman–Crippen MR) is 124 cm³/mol. The summed E-state index contributed by atoms with van der Waals surface area (Å²) in [6, 6.07) is 20.6. The summed E-state index contributed by atoms with van der Waals surface area (Å²) in [5.74, 6) is 0.673. The van der Waals surface area contributed by atoms with Crippen LogP contribution in [0.15, 0.2) is 78.3 Å². The lowest BCUT2D eigenvalue weighted by atomic mass is 9.96. The Hall–Kier alpha value is -2.17. The van der Waals surface area contributed by atoms with Gasteiger partial charge in [0.15, 0.2) is 8.32 Å². The van der Waals surface area contributed by atoms with Crippen LogP contribution in [0, 0.1) is 0 Å². The van der Waals surface area contributed by atoms with Crippen molar-refractivity contribution in [2.45, 2.75) is 63.6 Å². The number of ether oxygens (including phenoxy) is 1. The predicted octanol–water partition coefficient (Wildman–Crippen LogP) is 6.02. The van der Waals surface area contributed by atoms with Crippen LogP contribution in [0.2, 0.25) is 18.1 Å². The second-order valence-corrected chi connectivity index (χ2v) is 14.0. The Balaban J connectivity index is 1.99. The van der Waals surface area contributed by atoms with Crippen molar-refractivity contribution in [3.63, 3.8) is 0 Å². The fourth-order valence-corrected chi connectivity index (χ4v) is 4.58. The van der Waals surface area contributed by atoms with Gasteiger partial charge in [-0.2, -0.15) is 0 Å². The summed E-state index contributed by atoms with van der Waals surface area (Å²) in [5, 5.41) is 0.111. The first kappa shape index (κ1) is 21.5. The van der Waals surface area contributed by atoms with Gasteiger partial charge in [0, 0.05) is 5.56 Å². The number of hydrogen-bond acceptors (Lipinski definition) is 3. The van der Waals surface area contributed by atoms with E-state index in [1.54, 1.807) is 0 Å². The molecule has 2 aromatic rings. The molecule has 0 fully saturated rings. The lowest BCUT2D eigenvalue weighted by Crippen LogP contribution is -2.53. The van der Waals surface area contributed by atoms with Gasteiger partial charge in [0.05, 0.1) is 6.04 Å². The Morgan fingerprint density at radius 2 is 1.62 bits per heavy atom. The van der Waals surface area contributed by atoms with Crippen LogP contribution in [-0.2, 0) is 15.6 Å². The van der Waals surface area contributed by atoms with Gasteiger partial charge in [-0.1, -0.05) is 75.9 Å². The SMILES string of the molecule is C=C[C@@H]1OC(c2ccccc2)=N[C@@H](Cc2ccccc2)[C@@H]1O[Si](C)(C)C(C)(C)C. The van der Waals surface area contributed by atoms with Gasteiger partial charge in [-0.25, -0.2) is 4.99 Å². The Labute approximate surface area is 176 Å². The minimum absolute atomic E-state index is 0.0292. The van der Waals surface area contributed by atoms with E-state index in [2.05, 4.69) is 64.7 Å². The van der Waals surface area contributed by atoms with Gasteiger partial charge < -0.3 is 9.16 Å². The minimum Gasteiger partial charge on any atom is -0.467 e. The molecule has 4 heteroatoms. The quantitative estimate of drug-likeness (QED) is 0.433. The second-order valence-electron chi connectivity index (χ2n) is 9.22. The Kier molecular flexibility index (Phi) is 6.44. The molecule has 0 amide bonds. The van der Waals surface area contributed by atoms with Crippen molar-refractivity contribution >= 4 is 14.2 Å². The topological polar surface area (TPSA) is 30.8 Å². The molecule has 1 heterocycles. The summed E-state index contributed by atoms with van der Waals surface area (Å²) < 4.78 is 13.1. The molecule has 0 unspecified atom stereocenters. The van der Waals surface area contributed by atoms with E-state index in [0.29, 0.717) is 5.90 Å². The molecule has 0 N–H and O–H groups in total. The average Bonchev–Trinajstić information content (AvgIpc) is 2.69. The minimum atomic E-state index is -2.01. The molecule has 29 heavy (non-hydrogen) atoms. The molecule has 0 aliphatic carbocycles. The van der Waals surface area contributed by atoms with Crippen LogP contribution >= 0.6 is 0 Å². The number of rotatable bonds is 6. The average molecular weight is 408 g/mol. The maximum atomic E-state index is 6.85. The summed E-state index contributed by atoms with van der Waals surface area (Å²) in [7, 11) is -2.01. The molecule has 0 aromatic heterocycles. The fraction of sp³-hybridized carbons (Fsp3) is 0.400. The van der Waals surface area contributed by atoms with Crippen molar-refractivity contribution < 1.29 is 9.16 Å². The monoisotopic (exact) mass is 407 g/mol. The molecule has 0 bridgehead atoms. The Bertz CT molecular complexity index is 840. The highest BCUT2D eigenvalue weighted by Crippen LogP contribution is 2.39. The molecule has 2 aromatic carbocycles. The highest BCUT2D eigenvalue weighted by Gasteiger charge is 2.45. The summed E-state index contributed by atoms with van der Waals surface area (Å²) >= 11 is 0. The highest BCUT2D eigenvalue weighted by atomic mass is 28.4. The van der Waals surface area contributed by atoms with Gasteiger partial charge in [0.1, 0.15) is 12.2 Å². The maximum absolute atomic E-state index is 6.85. The van der Waals surface area contributed by atoms with Gasteiger partial charge in [-0.05, 0) is 48.3 Å². The Morgan fingerprint density at radius 3 is 2.17 bits per heavy atom. The molecular weight excluding hydrogens is 374 g/mol. The third kappa shape index (κ3) is 5.06. The molecule has 3 rings (SSSR count). The van der Waals surface area contributed by atoms with Crippen molar-refractivity contribution in [1.82, 2.24) is 0 Å². The van der Waals surface area contributed by atoms with Crippen molar-refractivity contribution in [2.24, 2.45) is 4.99 Å². The van der Waals surface area contributed by atoms with Crippen molar-refractivity contribution in [3.05, 3.63) is 84.4 Å². The second kappa shape index (κ2) is 8.68. The van der Waals surface area contributed by atoms with E-state index >= 15 is 0 Å². The first-order chi connectivity index (χ1) is 13.7. The normalized spacial score (nSPS) is 22.5. The van der Waals surface area contributed by atoms with Crippen LogP contribution < -0.4 is 0 Å². The zero-order chi connectivity index (χ0) is 21.1. The van der Waals surface area contributed by atoms with Crippen molar-refractivity contribution in [3.8, 4) is 0 Å². The van der Waals surface area contributed by atoms with Crippen LogP contribution in [0.3, 0.4) is 0 Å². The largest absolute Gasteiger partial charge is 0.467 e. The van der Waals surface area contributed by atoms with Gasteiger partial charge >= 0.3 is 0 Å². The number of hydrogen-bond donors (Lipinski definition) is 0. The van der Waals surface area contributed by atoms with Crippen LogP contribution in [-0.4, -0.2) is 32.5 Å². The van der Waals surface area contributed by atoms with E-state index in [1.165, 1.54) is 5.56 Å². The van der Waals surface area contributed by atoms with Gasteiger partial charge in [-0.15, -0.1) is 0 Å². The van der Waals surface area contributed by atoms with E-state index < -0.39 is 8.32 Å². The standard InChI is InChI=1S/C25H33NO2Si/c1-7-22-23(28-29(5,6)25(2,3)4)21(18-19-14-10-8-11-15-19)26-24(27-22)20-16-12-9-13-17-20/h7-17,21-23H,1,18H2,2-6H3/t21-,22-,23-/m0/s1. The third-order valence-corrected chi connectivity index (χ3v) is 10.5. The maximum Gasteiger partial charge on any atom is 0.217 e. The molecule has 0 saturated heterocycles. The number of aliphatic imine (C=N–C) groups is 1. The molecule has 154 valence electrons. The number of benzene rings is 2. The first-order valence-corrected chi connectivity index (χ1v) is 13.3. The number of nitrogens with zero attached hydrogens (tertiary/aromatic N) is 1. The Morgan fingerprint density at radius 1 is 1.03 bits per heavy atom. The summed E-state index contributed by atoms with van der Waals surface area (Å²) in [4.78, 5) is 5.04. The third-order valence-electron chi connectivity index (χ3n) is 6.01. The lowest BCUT2D eigenvalue weighted by Gasteiger charge is -2.44. The van der Waals surface area contributed by atoms with Crippen LogP contribution in [0.4, 0.5) is 0 Å². The molecule has 3 nitrogen and oxygen atoms in total. The molecule has 3 atom stereocenters. The van der Waals surface area contributed by atoms with Crippen LogP contribution in [0.25, 0.3) is 0 Å². The zero-order valence-corrected chi connectivity index (χ0v) is 19.3. The van der Waals surface area contributed by atoms with Gasteiger partial charge in [-0.3, -0.25) is 0 Å². The van der Waals surface area contributed by atoms with Crippen LogP contribution in [0.5, 0.6) is 0 Å². The smallest absolute Gasteiger partial charge is 0.217 e. The molecule has 1 aliphatic heterocycles. The van der Waals surface area contributed by atoms with E-state index in [4.69, 9.17) is 14.2 Å². The fourth-order valence-electron chi connectivity index (χ4n) is 3.25. The molecule has 0 saturated carbocycles. The molecular formula is C25H33NO2Si. The van der Waals surface area contributed by atoms with Crippen molar-refractivity contribution in [2.75, 3.05) is 0 Å². The zero-order valence-electron chi connectivity index (χ0n) is 18.3. The van der Waals surface area contributed by atoms with Gasteiger partial charge in [0.25, 0.3) is 0 Å². The summed E-state index contributed by atoms with van der Waals surface area (Å²) in [5.41, 5.74) is 2.24. The van der Waals surface area contributed by atoms with Crippen LogP contribution in [0.1, 0.15) is 31.9 Å².